The molecular formula is C12H20N4O2. The van der Waals surface area contributed by atoms with E-state index in [2.05, 4.69) is 22.4 Å². The summed E-state index contributed by atoms with van der Waals surface area (Å²) < 4.78 is 5.59. The molecular weight excluding hydrogens is 232 g/mol. The Morgan fingerprint density at radius 2 is 2.44 bits per heavy atom. The molecule has 2 unspecified atom stereocenters. The van der Waals surface area contributed by atoms with Crippen LogP contribution in [-0.4, -0.2) is 35.4 Å². The zero-order valence-corrected chi connectivity index (χ0v) is 10.8. The van der Waals surface area contributed by atoms with Gasteiger partial charge in [-0.2, -0.15) is 5.10 Å². The molecule has 0 spiro atoms. The van der Waals surface area contributed by atoms with Crippen molar-refractivity contribution in [3.05, 3.63) is 11.3 Å². The van der Waals surface area contributed by atoms with E-state index >= 15 is 0 Å². The summed E-state index contributed by atoms with van der Waals surface area (Å²) in [4.78, 5) is 12.0. The number of aryl methyl sites for hydroxylation is 1. The fourth-order valence-corrected chi connectivity index (χ4v) is 2.42. The van der Waals surface area contributed by atoms with E-state index in [0.29, 0.717) is 23.7 Å². The first-order valence-corrected chi connectivity index (χ1v) is 6.33. The minimum atomic E-state index is -0.166. The number of H-pyrrole nitrogens is 1. The lowest BCUT2D eigenvalue weighted by molar-refractivity contribution is 0.0827. The van der Waals surface area contributed by atoms with E-state index in [1.54, 1.807) is 6.92 Å². The van der Waals surface area contributed by atoms with Gasteiger partial charge in [0.15, 0.2) is 5.82 Å². The van der Waals surface area contributed by atoms with Gasteiger partial charge in [-0.25, -0.2) is 0 Å². The van der Waals surface area contributed by atoms with Crippen molar-refractivity contribution in [2.75, 3.05) is 18.9 Å². The second-order valence-electron chi connectivity index (χ2n) is 4.69. The molecule has 0 saturated carbocycles. The SMILES string of the molecule is CCC1OCCC1CNC(=O)c1c(N)n[nH]c1C. The van der Waals surface area contributed by atoms with Gasteiger partial charge in [0.25, 0.3) is 5.91 Å². The Bertz CT molecular complexity index is 410. The molecule has 6 nitrogen and oxygen atoms in total. The number of nitrogen functional groups attached to an aromatic ring is 1. The standard InChI is InChI=1S/C12H20N4O2/c1-3-9-8(4-5-18-9)6-14-12(17)10-7(2)15-16-11(10)13/h8-9H,3-6H2,1-2H3,(H,14,17)(H3,13,15,16). The largest absolute Gasteiger partial charge is 0.382 e. The van der Waals surface area contributed by atoms with E-state index in [1.807, 2.05) is 0 Å². The summed E-state index contributed by atoms with van der Waals surface area (Å²) in [5.74, 6) is 0.479. The number of hydrogen-bond acceptors (Lipinski definition) is 4. The highest BCUT2D eigenvalue weighted by atomic mass is 16.5. The van der Waals surface area contributed by atoms with E-state index in [1.165, 1.54) is 0 Å². The average molecular weight is 252 g/mol. The summed E-state index contributed by atoms with van der Waals surface area (Å²) in [6, 6.07) is 0. The molecule has 6 heteroatoms. The van der Waals surface area contributed by atoms with Crippen molar-refractivity contribution in [1.29, 1.82) is 0 Å². The van der Waals surface area contributed by atoms with Crippen molar-refractivity contribution in [3.63, 3.8) is 0 Å². The Hall–Kier alpha value is -1.56. The predicted molar refractivity (Wildman–Crippen MR) is 68.2 cm³/mol. The van der Waals surface area contributed by atoms with Crippen molar-refractivity contribution in [2.45, 2.75) is 32.8 Å². The first-order valence-electron chi connectivity index (χ1n) is 6.33. The number of nitrogens with zero attached hydrogens (tertiary/aromatic N) is 1. The lowest BCUT2D eigenvalue weighted by atomic mass is 9.99. The van der Waals surface area contributed by atoms with Crippen molar-refractivity contribution < 1.29 is 9.53 Å². The van der Waals surface area contributed by atoms with Gasteiger partial charge in [0.1, 0.15) is 5.56 Å². The summed E-state index contributed by atoms with van der Waals surface area (Å²) >= 11 is 0. The number of hydrogen-bond donors (Lipinski definition) is 3. The Kier molecular flexibility index (Phi) is 3.86. The molecule has 1 aliphatic rings. The molecule has 1 aliphatic heterocycles. The average Bonchev–Trinajstić information content (AvgIpc) is 2.93. The van der Waals surface area contributed by atoms with E-state index in [4.69, 9.17) is 10.5 Å². The fraction of sp³-hybridized carbons (Fsp3) is 0.667. The molecule has 4 N–H and O–H groups in total. The van der Waals surface area contributed by atoms with Gasteiger partial charge < -0.3 is 15.8 Å². The van der Waals surface area contributed by atoms with Crippen LogP contribution in [0.15, 0.2) is 0 Å². The Labute approximate surface area is 106 Å². The van der Waals surface area contributed by atoms with Gasteiger partial charge in [-0.3, -0.25) is 9.89 Å². The summed E-state index contributed by atoms with van der Waals surface area (Å²) in [5.41, 5.74) is 6.79. The van der Waals surface area contributed by atoms with Crippen LogP contribution in [0.2, 0.25) is 0 Å². The monoisotopic (exact) mass is 252 g/mol. The number of ether oxygens (including phenoxy) is 1. The fourth-order valence-electron chi connectivity index (χ4n) is 2.42. The van der Waals surface area contributed by atoms with Crippen molar-refractivity contribution in [3.8, 4) is 0 Å². The number of anilines is 1. The number of aromatic amines is 1. The van der Waals surface area contributed by atoms with Gasteiger partial charge >= 0.3 is 0 Å². The molecule has 2 rings (SSSR count). The van der Waals surface area contributed by atoms with Gasteiger partial charge in [0.05, 0.1) is 6.10 Å². The molecule has 0 bridgehead atoms. The third kappa shape index (κ3) is 2.48. The first kappa shape index (κ1) is 12.9. The number of amides is 1. The molecule has 1 saturated heterocycles. The van der Waals surface area contributed by atoms with Gasteiger partial charge in [-0.05, 0) is 19.8 Å². The minimum Gasteiger partial charge on any atom is -0.382 e. The molecule has 0 aliphatic carbocycles. The second-order valence-corrected chi connectivity index (χ2v) is 4.69. The number of nitrogens with one attached hydrogen (secondary N) is 2. The number of carbonyl (C=O) groups is 1. The Morgan fingerprint density at radius 1 is 1.67 bits per heavy atom. The lowest BCUT2D eigenvalue weighted by Crippen LogP contribution is -2.33. The van der Waals surface area contributed by atoms with E-state index in [0.717, 1.165) is 19.4 Å². The van der Waals surface area contributed by atoms with Crippen LogP contribution in [0.25, 0.3) is 0 Å². The summed E-state index contributed by atoms with van der Waals surface area (Å²) in [6.45, 7) is 5.29. The Balaban J connectivity index is 1.93. The summed E-state index contributed by atoms with van der Waals surface area (Å²) in [6.07, 6.45) is 2.24. The molecule has 1 aromatic heterocycles. The molecule has 2 atom stereocenters. The van der Waals surface area contributed by atoms with Gasteiger partial charge in [-0.1, -0.05) is 6.92 Å². The van der Waals surface area contributed by atoms with Gasteiger partial charge in [0, 0.05) is 24.8 Å². The highest BCUT2D eigenvalue weighted by Gasteiger charge is 2.27. The highest BCUT2D eigenvalue weighted by Crippen LogP contribution is 2.22. The molecule has 1 amide bonds. The predicted octanol–water partition coefficient (Wildman–Crippen LogP) is 0.845. The molecule has 18 heavy (non-hydrogen) atoms. The molecule has 1 fully saturated rings. The smallest absolute Gasteiger partial charge is 0.256 e. The van der Waals surface area contributed by atoms with Crippen LogP contribution < -0.4 is 11.1 Å². The zero-order chi connectivity index (χ0) is 13.1. The quantitative estimate of drug-likeness (QED) is 0.740. The number of aromatic nitrogens is 2. The van der Waals surface area contributed by atoms with Crippen molar-refractivity contribution >= 4 is 11.7 Å². The molecule has 0 radical (unpaired) electrons. The maximum atomic E-state index is 12.0. The van der Waals surface area contributed by atoms with Crippen LogP contribution in [0.5, 0.6) is 0 Å². The van der Waals surface area contributed by atoms with E-state index in [-0.39, 0.29) is 17.8 Å². The molecule has 1 aromatic rings. The maximum absolute atomic E-state index is 12.0. The first-order chi connectivity index (χ1) is 8.63. The van der Waals surface area contributed by atoms with Crippen LogP contribution in [0.4, 0.5) is 5.82 Å². The lowest BCUT2D eigenvalue weighted by Gasteiger charge is -2.17. The normalized spacial score (nSPS) is 23.2. The number of carbonyl (C=O) groups excluding carboxylic acids is 1. The van der Waals surface area contributed by atoms with E-state index < -0.39 is 0 Å². The van der Waals surface area contributed by atoms with Crippen molar-refractivity contribution in [1.82, 2.24) is 15.5 Å². The third-order valence-electron chi connectivity index (χ3n) is 3.48. The topological polar surface area (TPSA) is 93.0 Å². The molecule has 0 aromatic carbocycles. The van der Waals surface area contributed by atoms with Crippen molar-refractivity contribution in [2.24, 2.45) is 5.92 Å². The van der Waals surface area contributed by atoms with E-state index in [9.17, 15) is 4.79 Å². The summed E-state index contributed by atoms with van der Waals surface area (Å²) in [5, 5.41) is 9.43. The highest BCUT2D eigenvalue weighted by molar-refractivity contribution is 5.99. The number of nitrogens with two attached hydrogens (primary N) is 1. The Morgan fingerprint density at radius 3 is 3.06 bits per heavy atom. The molecule has 2 heterocycles. The van der Waals surface area contributed by atoms with Crippen LogP contribution in [0, 0.1) is 12.8 Å². The van der Waals surface area contributed by atoms with Crippen LogP contribution >= 0.6 is 0 Å². The molecule has 100 valence electrons. The third-order valence-corrected chi connectivity index (χ3v) is 3.48. The summed E-state index contributed by atoms with van der Waals surface area (Å²) in [7, 11) is 0. The van der Waals surface area contributed by atoms with Crippen LogP contribution in [-0.2, 0) is 4.74 Å². The van der Waals surface area contributed by atoms with Gasteiger partial charge in [-0.15, -0.1) is 0 Å². The number of rotatable bonds is 4. The van der Waals surface area contributed by atoms with Crippen LogP contribution in [0.3, 0.4) is 0 Å². The maximum Gasteiger partial charge on any atom is 0.256 e. The zero-order valence-electron chi connectivity index (χ0n) is 10.8. The van der Waals surface area contributed by atoms with Gasteiger partial charge in [0.2, 0.25) is 0 Å². The second kappa shape index (κ2) is 5.39. The van der Waals surface area contributed by atoms with Crippen LogP contribution in [0.1, 0.15) is 35.8 Å². The minimum absolute atomic E-state index is 0.166.